The Morgan fingerprint density at radius 1 is 1.00 bits per heavy atom. The summed E-state index contributed by atoms with van der Waals surface area (Å²) in [5.74, 6) is 0. The maximum absolute atomic E-state index is 0. The van der Waals surface area contributed by atoms with Crippen molar-refractivity contribution in [3.63, 3.8) is 0 Å². The molecule has 12 radical (unpaired) electrons. The van der Waals surface area contributed by atoms with Crippen LogP contribution in [0.15, 0.2) is 0 Å². The first-order valence-electron chi connectivity index (χ1n) is 0. The van der Waals surface area contributed by atoms with E-state index in [0.29, 0.717) is 0 Å². The summed E-state index contributed by atoms with van der Waals surface area (Å²) in [5, 5.41) is 0. The normalized spacial score (nSPS) is 0. The zero-order valence-electron chi connectivity index (χ0n) is 4.60. The second kappa shape index (κ2) is 82.4. The SMILES string of the molecule is O.[Al].[B].[Li].[Na].[OH-].[Si]. The number of hydrogen-bond acceptors (Lipinski definition) is 1. The molecule has 0 aliphatic carbocycles. The topological polar surface area (TPSA) is 61.5 Å². The molecule has 0 aromatic rings. The molecule has 0 rings (SSSR count). The minimum absolute atomic E-state index is 0. The molecule has 0 fully saturated rings. The van der Waals surface area contributed by atoms with Gasteiger partial charge < -0.3 is 11.0 Å². The molecule has 2 nitrogen and oxygen atoms in total. The van der Waals surface area contributed by atoms with Crippen LogP contribution < -0.4 is 0 Å². The second-order valence-corrected chi connectivity index (χ2v) is 0. The van der Waals surface area contributed by atoms with E-state index in [1.165, 1.54) is 0 Å². The van der Waals surface area contributed by atoms with Crippen molar-refractivity contribution < 1.29 is 11.0 Å². The third kappa shape index (κ3) is 61.4. The Balaban J connectivity index is 0. The molecule has 0 aromatic heterocycles. The average molecular weight is 131 g/mol. The quantitative estimate of drug-likeness (QED) is 0.325. The molecule has 7 heavy (non-hydrogen) atoms. The maximum atomic E-state index is 0. The smallest absolute Gasteiger partial charge is 0 e. The molecule has 0 bridgehead atoms. The van der Waals surface area contributed by atoms with E-state index in [0.717, 1.165) is 0 Å². The van der Waals surface area contributed by atoms with Gasteiger partial charge in [-0.1, -0.05) is 0 Å². The summed E-state index contributed by atoms with van der Waals surface area (Å²) >= 11 is 0. The summed E-state index contributed by atoms with van der Waals surface area (Å²) in [6.07, 6.45) is 0. The Hall–Kier alpha value is 2.33. The van der Waals surface area contributed by atoms with E-state index >= 15 is 0 Å². The van der Waals surface area contributed by atoms with Crippen LogP contribution >= 0.6 is 0 Å². The van der Waals surface area contributed by atoms with Gasteiger partial charge in [-0.2, -0.15) is 0 Å². The third-order valence-corrected chi connectivity index (χ3v) is 0. The van der Waals surface area contributed by atoms with Gasteiger partial charge in [0.25, 0.3) is 0 Å². The third-order valence-electron chi connectivity index (χ3n) is 0. The van der Waals surface area contributed by atoms with Crippen molar-refractivity contribution in [3.05, 3.63) is 0 Å². The van der Waals surface area contributed by atoms with Crippen molar-refractivity contribution in [1.29, 1.82) is 0 Å². The molecule has 0 unspecified atom stereocenters. The van der Waals surface area contributed by atoms with Gasteiger partial charge in [0.15, 0.2) is 0 Å². The largest absolute Gasteiger partial charge is 0.870 e. The Morgan fingerprint density at radius 2 is 1.00 bits per heavy atom. The van der Waals surface area contributed by atoms with Crippen molar-refractivity contribution in [2.45, 2.75) is 0 Å². The van der Waals surface area contributed by atoms with Gasteiger partial charge in [-0.05, 0) is 0 Å². The molecule has 0 saturated carbocycles. The minimum Gasteiger partial charge on any atom is -0.870 e. The van der Waals surface area contributed by atoms with E-state index < -0.39 is 0 Å². The zero-order valence-corrected chi connectivity index (χ0v) is 8.76. The minimum atomic E-state index is 0. The van der Waals surface area contributed by atoms with Gasteiger partial charge in [0.2, 0.25) is 0 Å². The summed E-state index contributed by atoms with van der Waals surface area (Å²) in [5.41, 5.74) is 0. The Morgan fingerprint density at radius 3 is 1.00 bits per heavy atom. The van der Waals surface area contributed by atoms with Crippen molar-refractivity contribution in [1.82, 2.24) is 0 Å². The molecule has 0 aliphatic heterocycles. The molecule has 0 aromatic carbocycles. The maximum Gasteiger partial charge on any atom is 0 e. The van der Waals surface area contributed by atoms with Gasteiger partial charge in [0.1, 0.15) is 0 Å². The summed E-state index contributed by atoms with van der Waals surface area (Å²) in [6, 6.07) is 0. The molecule has 0 spiro atoms. The van der Waals surface area contributed by atoms with Crippen molar-refractivity contribution in [2.24, 2.45) is 0 Å². The fraction of sp³-hybridized carbons (Fsp3) is 0. The van der Waals surface area contributed by atoms with Gasteiger partial charge in [-0.25, -0.2) is 0 Å². The molecular weight excluding hydrogens is 128 g/mol. The van der Waals surface area contributed by atoms with Gasteiger partial charge in [-0.15, -0.1) is 0 Å². The van der Waals surface area contributed by atoms with Crippen LogP contribution in [-0.4, -0.2) is 96.1 Å². The van der Waals surface area contributed by atoms with E-state index in [1.54, 1.807) is 0 Å². The van der Waals surface area contributed by atoms with Crippen LogP contribution in [0.3, 0.4) is 0 Å². The fourth-order valence-electron chi connectivity index (χ4n) is 0. The van der Waals surface area contributed by atoms with Crippen LogP contribution in [0, 0.1) is 0 Å². The first-order valence-corrected chi connectivity index (χ1v) is 0. The molecule has 0 amide bonds. The summed E-state index contributed by atoms with van der Waals surface area (Å²) < 4.78 is 0. The second-order valence-electron chi connectivity index (χ2n) is 0. The molecule has 0 saturated heterocycles. The first-order chi connectivity index (χ1) is 0. The van der Waals surface area contributed by atoms with Crippen molar-refractivity contribution in [3.8, 4) is 0 Å². The van der Waals surface area contributed by atoms with Crippen molar-refractivity contribution >= 4 is 85.2 Å². The Bertz CT molecular complexity index is 17.7. The van der Waals surface area contributed by atoms with Gasteiger partial charge in [0, 0.05) is 85.2 Å². The molecule has 0 aliphatic rings. The van der Waals surface area contributed by atoms with E-state index in [4.69, 9.17) is 0 Å². The summed E-state index contributed by atoms with van der Waals surface area (Å²) in [4.78, 5) is 0. The van der Waals surface area contributed by atoms with Crippen LogP contribution in [0.25, 0.3) is 0 Å². The molecule has 0 heterocycles. The van der Waals surface area contributed by atoms with Crippen LogP contribution in [0.1, 0.15) is 0 Å². The summed E-state index contributed by atoms with van der Waals surface area (Å²) in [6.45, 7) is 0. The standard InChI is InChI=1S/Al.B.Li.Na.2H2O.Si/h;;;;2*1H2;/p-1. The van der Waals surface area contributed by atoms with Crippen molar-refractivity contribution in [2.75, 3.05) is 0 Å². The molecule has 28 valence electrons. The van der Waals surface area contributed by atoms with Gasteiger partial charge in [0.05, 0.1) is 0 Å². The average Bonchev–Trinajstić information content (AvgIpc) is 0. The molecule has 3 N–H and O–H groups in total. The van der Waals surface area contributed by atoms with Gasteiger partial charge >= 0.3 is 0 Å². The monoisotopic (exact) mass is 131 g/mol. The number of rotatable bonds is 0. The fourth-order valence-corrected chi connectivity index (χ4v) is 0. The predicted molar refractivity (Wildman–Crippen MR) is 34.3 cm³/mol. The Labute approximate surface area is 95.0 Å². The van der Waals surface area contributed by atoms with Crippen LogP contribution in [0.5, 0.6) is 0 Å². The van der Waals surface area contributed by atoms with E-state index in [1.807, 2.05) is 0 Å². The van der Waals surface area contributed by atoms with Crippen LogP contribution in [-0.2, 0) is 0 Å². The van der Waals surface area contributed by atoms with Crippen LogP contribution in [0.2, 0.25) is 0 Å². The molecular formula is H3AlBLiNaO2Si-. The Kier molecular flexibility index (Phi) is 1400. The number of hydrogen-bond donors (Lipinski definition) is 0. The molecule has 0 atom stereocenters. The summed E-state index contributed by atoms with van der Waals surface area (Å²) in [7, 11) is 0. The first kappa shape index (κ1) is 119. The van der Waals surface area contributed by atoms with Gasteiger partial charge in [-0.3, -0.25) is 0 Å². The van der Waals surface area contributed by atoms with E-state index in [9.17, 15) is 0 Å². The molecule has 7 heteroatoms. The van der Waals surface area contributed by atoms with E-state index in [-0.39, 0.29) is 96.1 Å². The van der Waals surface area contributed by atoms with E-state index in [2.05, 4.69) is 0 Å². The predicted octanol–water partition coefficient (Wildman–Crippen LogP) is -2.91. The van der Waals surface area contributed by atoms with Crippen LogP contribution in [0.4, 0.5) is 0 Å². The zero-order chi connectivity index (χ0) is 0.